The Morgan fingerprint density at radius 3 is 2.41 bits per heavy atom. The van der Waals surface area contributed by atoms with Gasteiger partial charge in [0.25, 0.3) is 0 Å². The maximum absolute atomic E-state index is 12.1. The Kier molecular flexibility index (Phi) is 4.71. The van der Waals surface area contributed by atoms with Crippen LogP contribution in [0.4, 0.5) is 0 Å². The van der Waals surface area contributed by atoms with Crippen molar-refractivity contribution >= 4 is 5.91 Å². The number of hydrogen-bond donors (Lipinski definition) is 0. The van der Waals surface area contributed by atoms with Crippen LogP contribution in [0.5, 0.6) is 0 Å². The number of rotatable bonds is 4. The summed E-state index contributed by atoms with van der Waals surface area (Å²) in [6, 6.07) is 11.3. The van der Waals surface area contributed by atoms with E-state index in [2.05, 4.69) is 6.07 Å². The summed E-state index contributed by atoms with van der Waals surface area (Å²) in [7, 11) is 1.75. The second-order valence-corrected chi connectivity index (χ2v) is 4.59. The maximum atomic E-state index is 12.1. The molecule has 1 aromatic carbocycles. The minimum Gasteiger partial charge on any atom is -0.344 e. The highest BCUT2D eigenvalue weighted by atomic mass is 16.2. The lowest BCUT2D eigenvalue weighted by atomic mass is 9.99. The van der Waals surface area contributed by atoms with Crippen molar-refractivity contribution < 1.29 is 4.79 Å². The first-order chi connectivity index (χ1) is 8.06. The predicted molar refractivity (Wildman–Crippen MR) is 67.3 cm³/mol. The number of hydrogen-bond acceptors (Lipinski definition) is 2. The van der Waals surface area contributed by atoms with Gasteiger partial charge in [-0.25, -0.2) is 0 Å². The van der Waals surface area contributed by atoms with Crippen LogP contribution < -0.4 is 0 Å². The van der Waals surface area contributed by atoms with Gasteiger partial charge < -0.3 is 4.90 Å². The molecule has 0 heterocycles. The number of likely N-dealkylation sites (N-methyl/N-ethyl adjacent to an activating group) is 1. The molecular weight excluding hydrogens is 212 g/mol. The van der Waals surface area contributed by atoms with E-state index in [0.29, 0.717) is 12.5 Å². The van der Waals surface area contributed by atoms with Crippen molar-refractivity contribution in [3.8, 4) is 6.07 Å². The smallest absolute Gasteiger partial charge is 0.244 e. The zero-order chi connectivity index (χ0) is 12.8. The summed E-state index contributed by atoms with van der Waals surface area (Å²) in [5, 5.41) is 9.14. The highest BCUT2D eigenvalue weighted by Gasteiger charge is 2.23. The molecule has 3 nitrogen and oxygen atoms in total. The highest BCUT2D eigenvalue weighted by molar-refractivity contribution is 5.86. The summed E-state index contributed by atoms with van der Waals surface area (Å²) in [4.78, 5) is 13.7. The Morgan fingerprint density at radius 1 is 1.35 bits per heavy atom. The van der Waals surface area contributed by atoms with Crippen LogP contribution >= 0.6 is 0 Å². The van der Waals surface area contributed by atoms with Crippen molar-refractivity contribution in [1.29, 1.82) is 5.26 Å². The molecule has 0 saturated carbocycles. The van der Waals surface area contributed by atoms with Crippen LogP contribution in [0.2, 0.25) is 0 Å². The molecule has 1 aromatic rings. The molecule has 0 aliphatic carbocycles. The molecule has 0 radical (unpaired) electrons. The van der Waals surface area contributed by atoms with Gasteiger partial charge in [-0.3, -0.25) is 4.79 Å². The lowest BCUT2D eigenvalue weighted by molar-refractivity contribution is -0.130. The second-order valence-electron chi connectivity index (χ2n) is 4.59. The number of benzene rings is 1. The molecule has 1 rings (SSSR count). The Bertz CT molecular complexity index is 406. The Hall–Kier alpha value is -1.82. The molecule has 0 aliphatic heterocycles. The number of amides is 1. The van der Waals surface area contributed by atoms with E-state index in [1.54, 1.807) is 11.9 Å². The molecule has 1 atom stereocenters. The molecule has 3 heteroatoms. The van der Waals surface area contributed by atoms with E-state index in [9.17, 15) is 4.79 Å². The average molecular weight is 230 g/mol. The summed E-state index contributed by atoms with van der Waals surface area (Å²) in [5.74, 6) is -0.425. The van der Waals surface area contributed by atoms with Gasteiger partial charge in [0.15, 0.2) is 0 Å². The lowest BCUT2D eigenvalue weighted by Crippen LogP contribution is -2.34. The van der Waals surface area contributed by atoms with Crippen molar-refractivity contribution in [2.45, 2.75) is 19.8 Å². The van der Waals surface area contributed by atoms with Crippen molar-refractivity contribution in [2.24, 2.45) is 5.92 Å². The zero-order valence-corrected chi connectivity index (χ0v) is 10.6. The van der Waals surface area contributed by atoms with Gasteiger partial charge in [0.05, 0.1) is 6.07 Å². The largest absolute Gasteiger partial charge is 0.344 e. The Labute approximate surface area is 103 Å². The van der Waals surface area contributed by atoms with Crippen molar-refractivity contribution in [1.82, 2.24) is 4.90 Å². The predicted octanol–water partition coefficient (Wildman–Crippen LogP) is 2.41. The normalized spacial score (nSPS) is 11.9. The molecule has 0 N–H and O–H groups in total. The van der Waals surface area contributed by atoms with E-state index in [-0.39, 0.29) is 5.91 Å². The van der Waals surface area contributed by atoms with Gasteiger partial charge in [-0.15, -0.1) is 0 Å². The van der Waals surface area contributed by atoms with Gasteiger partial charge in [0, 0.05) is 13.6 Å². The molecule has 90 valence electrons. The summed E-state index contributed by atoms with van der Waals surface area (Å²) in [6.45, 7) is 4.77. The first-order valence-corrected chi connectivity index (χ1v) is 5.75. The minimum absolute atomic E-state index is 0.132. The third-order valence-electron chi connectivity index (χ3n) is 2.52. The number of carbonyl (C=O) groups is 1. The van der Waals surface area contributed by atoms with Gasteiger partial charge >= 0.3 is 0 Å². The number of nitrogens with zero attached hydrogens (tertiary/aromatic N) is 2. The summed E-state index contributed by atoms with van der Waals surface area (Å²) in [6.07, 6.45) is 0. The number of nitriles is 1. The van der Waals surface area contributed by atoms with Gasteiger partial charge in [-0.05, 0) is 11.5 Å². The van der Waals surface area contributed by atoms with Crippen molar-refractivity contribution in [3.63, 3.8) is 0 Å². The van der Waals surface area contributed by atoms with E-state index in [4.69, 9.17) is 5.26 Å². The third kappa shape index (κ3) is 3.60. The van der Waals surface area contributed by atoms with Crippen LogP contribution in [0.25, 0.3) is 0 Å². The molecule has 1 amide bonds. The van der Waals surface area contributed by atoms with E-state index < -0.39 is 5.92 Å². The van der Waals surface area contributed by atoms with Crippen LogP contribution in [0.3, 0.4) is 0 Å². The van der Waals surface area contributed by atoms with Crippen LogP contribution in [0.1, 0.15) is 25.3 Å². The Morgan fingerprint density at radius 2 is 1.94 bits per heavy atom. The summed E-state index contributed by atoms with van der Waals surface area (Å²) in [5.41, 5.74) is 0.760. The van der Waals surface area contributed by atoms with E-state index in [1.165, 1.54) is 0 Å². The van der Waals surface area contributed by atoms with Gasteiger partial charge in [0.2, 0.25) is 5.91 Å². The van der Waals surface area contributed by atoms with E-state index in [0.717, 1.165) is 5.56 Å². The minimum atomic E-state index is -0.694. The van der Waals surface area contributed by atoms with E-state index >= 15 is 0 Å². The van der Waals surface area contributed by atoms with Crippen LogP contribution in [0, 0.1) is 17.2 Å². The van der Waals surface area contributed by atoms with Gasteiger partial charge in [0.1, 0.15) is 5.92 Å². The van der Waals surface area contributed by atoms with Crippen LogP contribution in [-0.4, -0.2) is 24.4 Å². The molecular formula is C14H18N2O. The summed E-state index contributed by atoms with van der Waals surface area (Å²) < 4.78 is 0. The topological polar surface area (TPSA) is 44.1 Å². The molecule has 0 aliphatic rings. The van der Waals surface area contributed by atoms with Crippen LogP contribution in [-0.2, 0) is 4.79 Å². The van der Waals surface area contributed by atoms with Crippen molar-refractivity contribution in [2.75, 3.05) is 13.6 Å². The molecule has 1 unspecified atom stereocenters. The fourth-order valence-electron chi connectivity index (χ4n) is 1.78. The molecule has 0 spiro atoms. The molecule has 0 saturated heterocycles. The zero-order valence-electron chi connectivity index (χ0n) is 10.6. The Balaban J connectivity index is 2.83. The maximum Gasteiger partial charge on any atom is 0.244 e. The third-order valence-corrected chi connectivity index (χ3v) is 2.52. The average Bonchev–Trinajstić information content (AvgIpc) is 2.30. The first kappa shape index (κ1) is 13.2. The fraction of sp³-hybridized carbons (Fsp3) is 0.429. The number of carbonyl (C=O) groups excluding carboxylic acids is 1. The lowest BCUT2D eigenvalue weighted by Gasteiger charge is -2.22. The molecule has 0 bridgehead atoms. The monoisotopic (exact) mass is 230 g/mol. The van der Waals surface area contributed by atoms with Crippen LogP contribution in [0.15, 0.2) is 30.3 Å². The molecule has 0 aromatic heterocycles. The molecule has 17 heavy (non-hydrogen) atoms. The van der Waals surface area contributed by atoms with Crippen molar-refractivity contribution in [3.05, 3.63) is 35.9 Å². The van der Waals surface area contributed by atoms with E-state index in [1.807, 2.05) is 44.2 Å². The summed E-state index contributed by atoms with van der Waals surface area (Å²) >= 11 is 0. The quantitative estimate of drug-likeness (QED) is 0.797. The SMILES string of the molecule is CC(C)CN(C)C(=O)C(C#N)c1ccccc1. The van der Waals surface area contributed by atoms with Gasteiger partial charge in [-0.1, -0.05) is 44.2 Å². The second kappa shape index (κ2) is 6.05. The highest BCUT2D eigenvalue weighted by Crippen LogP contribution is 2.17. The van der Waals surface area contributed by atoms with Gasteiger partial charge in [-0.2, -0.15) is 5.26 Å². The first-order valence-electron chi connectivity index (χ1n) is 5.75. The fourth-order valence-corrected chi connectivity index (χ4v) is 1.78. The molecule has 0 fully saturated rings. The standard InChI is InChI=1S/C14H18N2O/c1-11(2)10-16(3)14(17)13(9-15)12-7-5-4-6-8-12/h4-8,11,13H,10H2,1-3H3.